The Labute approximate surface area is 209 Å². The third-order valence-corrected chi connectivity index (χ3v) is 6.65. The molecule has 2 aliphatic rings. The number of aryl methyl sites for hydroxylation is 1. The minimum absolute atomic E-state index is 0.304. The Morgan fingerprint density at radius 2 is 1.75 bits per heavy atom. The second-order valence-corrected chi connectivity index (χ2v) is 8.96. The summed E-state index contributed by atoms with van der Waals surface area (Å²) in [7, 11) is 1.66. The summed E-state index contributed by atoms with van der Waals surface area (Å²) in [5.41, 5.74) is 4.99. The minimum atomic E-state index is 0.304. The van der Waals surface area contributed by atoms with Gasteiger partial charge in [-0.1, -0.05) is 6.07 Å². The average Bonchev–Trinajstić information content (AvgIpc) is 3.55. The normalized spacial score (nSPS) is 15.3. The molecule has 1 fully saturated rings. The van der Waals surface area contributed by atoms with Crippen LogP contribution in [0.25, 0.3) is 16.9 Å². The van der Waals surface area contributed by atoms with E-state index in [1.54, 1.807) is 7.11 Å². The summed E-state index contributed by atoms with van der Waals surface area (Å²) in [4.78, 5) is 14.2. The molecule has 0 N–H and O–H groups in total. The van der Waals surface area contributed by atoms with Gasteiger partial charge in [-0.2, -0.15) is 5.10 Å². The predicted octanol–water partition coefficient (Wildman–Crippen LogP) is 3.70. The van der Waals surface area contributed by atoms with Crippen LogP contribution < -0.4 is 19.1 Å². The third kappa shape index (κ3) is 4.45. The average molecular weight is 485 g/mol. The summed E-state index contributed by atoms with van der Waals surface area (Å²) in [5, 5.41) is 4.70. The van der Waals surface area contributed by atoms with Crippen LogP contribution in [0.2, 0.25) is 0 Å². The first-order chi connectivity index (χ1) is 17.7. The summed E-state index contributed by atoms with van der Waals surface area (Å²) in [6.45, 7) is 6.82. The van der Waals surface area contributed by atoms with Crippen LogP contribution in [0, 0.1) is 6.92 Å². The molecule has 0 aliphatic carbocycles. The van der Waals surface area contributed by atoms with Crippen LogP contribution in [-0.4, -0.2) is 64.7 Å². The number of anilines is 1. The van der Waals surface area contributed by atoms with Crippen LogP contribution in [0.4, 0.5) is 5.95 Å². The zero-order valence-corrected chi connectivity index (χ0v) is 20.4. The van der Waals surface area contributed by atoms with Crippen molar-refractivity contribution in [2.75, 3.05) is 45.0 Å². The molecule has 0 bridgehead atoms. The number of hydrogen-bond donors (Lipinski definition) is 0. The summed E-state index contributed by atoms with van der Waals surface area (Å²) in [6.07, 6.45) is 3.85. The highest BCUT2D eigenvalue weighted by molar-refractivity contribution is 5.63. The van der Waals surface area contributed by atoms with E-state index in [-0.39, 0.29) is 0 Å². The molecular formula is C27H28N6O3. The molecule has 9 nitrogen and oxygen atoms in total. The summed E-state index contributed by atoms with van der Waals surface area (Å²) < 4.78 is 18.1. The standard InChI is InChI=1S/C27H28N6O3/c1-19-23(17-33(30-19)21-4-6-22(34-2)7-5-21)24-9-10-28-27(29-24)32-13-11-31(12-14-32)16-20-3-8-25-26(15-20)36-18-35-25/h3-10,15,17H,11-14,16,18H2,1-2H3. The number of rotatable bonds is 6. The minimum Gasteiger partial charge on any atom is -0.497 e. The van der Waals surface area contributed by atoms with Crippen molar-refractivity contribution >= 4 is 5.95 Å². The molecule has 0 amide bonds. The lowest BCUT2D eigenvalue weighted by Gasteiger charge is -2.34. The maximum atomic E-state index is 5.52. The Morgan fingerprint density at radius 1 is 0.944 bits per heavy atom. The van der Waals surface area contributed by atoms with Gasteiger partial charge in [0.15, 0.2) is 11.5 Å². The highest BCUT2D eigenvalue weighted by Gasteiger charge is 2.21. The van der Waals surface area contributed by atoms with Gasteiger partial charge in [-0.15, -0.1) is 0 Å². The SMILES string of the molecule is COc1ccc(-n2cc(-c3ccnc(N4CCN(Cc5ccc6c(c5)OCO6)CC4)n3)c(C)n2)cc1. The van der Waals surface area contributed by atoms with Gasteiger partial charge in [-0.25, -0.2) is 14.6 Å². The van der Waals surface area contributed by atoms with Crippen LogP contribution in [0.3, 0.4) is 0 Å². The maximum absolute atomic E-state index is 5.52. The molecule has 0 unspecified atom stereocenters. The van der Waals surface area contributed by atoms with E-state index in [1.807, 2.05) is 60.4 Å². The molecule has 4 aromatic rings. The number of methoxy groups -OCH3 is 1. The Bertz CT molecular complexity index is 1360. The lowest BCUT2D eigenvalue weighted by molar-refractivity contribution is 0.174. The van der Waals surface area contributed by atoms with Crippen molar-refractivity contribution < 1.29 is 14.2 Å². The molecule has 1 saturated heterocycles. The predicted molar refractivity (Wildman–Crippen MR) is 136 cm³/mol. The summed E-state index contributed by atoms with van der Waals surface area (Å²) >= 11 is 0. The fourth-order valence-corrected chi connectivity index (χ4v) is 4.63. The number of aromatic nitrogens is 4. The van der Waals surface area contributed by atoms with Crippen molar-refractivity contribution in [1.29, 1.82) is 0 Å². The van der Waals surface area contributed by atoms with Gasteiger partial charge in [0.2, 0.25) is 12.7 Å². The van der Waals surface area contributed by atoms with Crippen LogP contribution in [-0.2, 0) is 6.54 Å². The van der Waals surface area contributed by atoms with E-state index in [1.165, 1.54) is 5.56 Å². The second kappa shape index (κ2) is 9.50. The highest BCUT2D eigenvalue weighted by Crippen LogP contribution is 2.33. The van der Waals surface area contributed by atoms with Gasteiger partial charge >= 0.3 is 0 Å². The van der Waals surface area contributed by atoms with Crippen LogP contribution in [0.15, 0.2) is 60.9 Å². The lowest BCUT2D eigenvalue weighted by atomic mass is 10.1. The number of hydrogen-bond acceptors (Lipinski definition) is 8. The van der Waals surface area contributed by atoms with E-state index in [0.29, 0.717) is 6.79 Å². The molecule has 2 aromatic carbocycles. The smallest absolute Gasteiger partial charge is 0.231 e. The van der Waals surface area contributed by atoms with Crippen molar-refractivity contribution in [2.45, 2.75) is 13.5 Å². The van der Waals surface area contributed by atoms with E-state index in [4.69, 9.17) is 24.3 Å². The number of benzene rings is 2. The Kier molecular flexibility index (Phi) is 5.90. The third-order valence-electron chi connectivity index (χ3n) is 6.65. The highest BCUT2D eigenvalue weighted by atomic mass is 16.7. The van der Waals surface area contributed by atoms with E-state index in [2.05, 4.69) is 26.9 Å². The quantitative estimate of drug-likeness (QED) is 0.410. The first-order valence-electron chi connectivity index (χ1n) is 12.1. The maximum Gasteiger partial charge on any atom is 0.231 e. The van der Waals surface area contributed by atoms with Crippen molar-refractivity contribution in [2.24, 2.45) is 0 Å². The zero-order chi connectivity index (χ0) is 24.5. The van der Waals surface area contributed by atoms with Gasteiger partial charge in [-0.3, -0.25) is 4.90 Å². The largest absolute Gasteiger partial charge is 0.497 e. The van der Waals surface area contributed by atoms with Crippen LogP contribution >= 0.6 is 0 Å². The van der Waals surface area contributed by atoms with E-state index < -0.39 is 0 Å². The van der Waals surface area contributed by atoms with Crippen molar-refractivity contribution in [3.8, 4) is 34.2 Å². The first-order valence-corrected chi connectivity index (χ1v) is 12.1. The van der Waals surface area contributed by atoms with Crippen molar-refractivity contribution in [1.82, 2.24) is 24.6 Å². The van der Waals surface area contributed by atoms with Crippen LogP contribution in [0.5, 0.6) is 17.2 Å². The molecule has 2 aromatic heterocycles. The van der Waals surface area contributed by atoms with Gasteiger partial charge in [0.05, 0.1) is 24.2 Å². The number of piperazine rings is 1. The topological polar surface area (TPSA) is 77.8 Å². The van der Waals surface area contributed by atoms with Gasteiger partial charge < -0.3 is 19.1 Å². The second-order valence-electron chi connectivity index (χ2n) is 8.96. The molecule has 0 atom stereocenters. The van der Waals surface area contributed by atoms with Gasteiger partial charge in [0.25, 0.3) is 0 Å². The Balaban J connectivity index is 1.13. The molecule has 0 radical (unpaired) electrons. The Hall–Kier alpha value is -4.11. The van der Waals surface area contributed by atoms with Gasteiger partial charge in [0.1, 0.15) is 5.75 Å². The monoisotopic (exact) mass is 484 g/mol. The van der Waals surface area contributed by atoms with Gasteiger partial charge in [0, 0.05) is 50.7 Å². The van der Waals surface area contributed by atoms with Gasteiger partial charge in [-0.05, 0) is 55.0 Å². The summed E-state index contributed by atoms with van der Waals surface area (Å²) in [5.74, 6) is 3.23. The fourth-order valence-electron chi connectivity index (χ4n) is 4.63. The molecule has 0 saturated carbocycles. The molecule has 6 rings (SSSR count). The first kappa shape index (κ1) is 22.4. The molecule has 4 heterocycles. The van der Waals surface area contributed by atoms with E-state index in [9.17, 15) is 0 Å². The zero-order valence-electron chi connectivity index (χ0n) is 20.4. The van der Waals surface area contributed by atoms with Crippen molar-refractivity contribution in [3.05, 3.63) is 72.2 Å². The molecule has 36 heavy (non-hydrogen) atoms. The lowest BCUT2D eigenvalue weighted by Crippen LogP contribution is -2.46. The number of ether oxygens (including phenoxy) is 3. The number of fused-ring (bicyclic) bond motifs is 1. The van der Waals surface area contributed by atoms with E-state index in [0.717, 1.165) is 78.6 Å². The Morgan fingerprint density at radius 3 is 2.56 bits per heavy atom. The number of nitrogens with zero attached hydrogens (tertiary/aromatic N) is 6. The molecule has 0 spiro atoms. The molecule has 184 valence electrons. The van der Waals surface area contributed by atoms with E-state index >= 15 is 0 Å². The molecule has 2 aliphatic heterocycles. The van der Waals surface area contributed by atoms with Crippen molar-refractivity contribution in [3.63, 3.8) is 0 Å². The van der Waals surface area contributed by atoms with Crippen LogP contribution in [0.1, 0.15) is 11.3 Å². The molecule has 9 heteroatoms. The fraction of sp³-hybridized carbons (Fsp3) is 0.296. The molecular weight excluding hydrogens is 456 g/mol. The summed E-state index contributed by atoms with van der Waals surface area (Å²) in [6, 6.07) is 16.0.